The van der Waals surface area contributed by atoms with E-state index in [-0.39, 0.29) is 4.90 Å². The highest BCUT2D eigenvalue weighted by Gasteiger charge is 2.23. The molecule has 1 aliphatic heterocycles. The first-order chi connectivity index (χ1) is 13.5. The molecule has 0 saturated carbocycles. The van der Waals surface area contributed by atoms with Crippen molar-refractivity contribution in [3.8, 4) is 5.75 Å². The van der Waals surface area contributed by atoms with Gasteiger partial charge in [0.1, 0.15) is 16.5 Å². The summed E-state index contributed by atoms with van der Waals surface area (Å²) < 4.78 is 31.9. The number of ether oxygens (including phenoxy) is 1. The van der Waals surface area contributed by atoms with E-state index < -0.39 is 10.0 Å². The van der Waals surface area contributed by atoms with Crippen LogP contribution in [0.4, 0.5) is 11.5 Å². The number of methoxy groups -OCH3 is 1. The molecule has 2 heterocycles. The van der Waals surface area contributed by atoms with Gasteiger partial charge in [-0.1, -0.05) is 19.9 Å². The zero-order chi connectivity index (χ0) is 20.1. The SMILES string of the molecule is CCN(CC)S(=O)(=O)c1ccc(N2CCN(c3cccc(OC)c3)CC2)nc1. The molecule has 0 amide bonds. The number of benzene rings is 1. The Morgan fingerprint density at radius 1 is 1.04 bits per heavy atom. The van der Waals surface area contributed by atoms with E-state index in [4.69, 9.17) is 4.74 Å². The number of rotatable bonds is 7. The molecule has 3 rings (SSSR count). The van der Waals surface area contributed by atoms with Crippen LogP contribution >= 0.6 is 0 Å². The standard InChI is InChI=1S/C20H28N4O3S/c1-4-24(5-2)28(25,26)19-9-10-20(21-16-19)23-13-11-22(12-14-23)17-7-6-8-18(15-17)27-3/h6-10,15-16H,4-5,11-14H2,1-3H3. The topological polar surface area (TPSA) is 66.0 Å². The number of hydrogen-bond acceptors (Lipinski definition) is 6. The summed E-state index contributed by atoms with van der Waals surface area (Å²) in [5, 5.41) is 0. The van der Waals surface area contributed by atoms with Gasteiger partial charge < -0.3 is 14.5 Å². The van der Waals surface area contributed by atoms with Gasteiger partial charge in [0, 0.05) is 57.2 Å². The molecule has 0 spiro atoms. The van der Waals surface area contributed by atoms with E-state index >= 15 is 0 Å². The fraction of sp³-hybridized carbons (Fsp3) is 0.450. The summed E-state index contributed by atoms with van der Waals surface area (Å²) in [4.78, 5) is 9.17. The number of pyridine rings is 1. The van der Waals surface area contributed by atoms with E-state index in [0.29, 0.717) is 13.1 Å². The zero-order valence-electron chi connectivity index (χ0n) is 16.7. The molecule has 7 nitrogen and oxygen atoms in total. The molecule has 0 aliphatic carbocycles. The van der Waals surface area contributed by atoms with Crippen molar-refractivity contribution < 1.29 is 13.2 Å². The third kappa shape index (κ3) is 4.23. The van der Waals surface area contributed by atoms with E-state index in [2.05, 4.69) is 20.9 Å². The minimum Gasteiger partial charge on any atom is -0.497 e. The Kier molecular flexibility index (Phi) is 6.41. The van der Waals surface area contributed by atoms with E-state index in [0.717, 1.165) is 43.4 Å². The first-order valence-corrected chi connectivity index (χ1v) is 11.0. The minimum absolute atomic E-state index is 0.245. The molecule has 0 unspecified atom stereocenters. The second kappa shape index (κ2) is 8.79. The van der Waals surface area contributed by atoms with Gasteiger partial charge in [0.05, 0.1) is 7.11 Å². The quantitative estimate of drug-likeness (QED) is 0.706. The average Bonchev–Trinajstić information content (AvgIpc) is 2.74. The van der Waals surface area contributed by atoms with Crippen molar-refractivity contribution in [1.82, 2.24) is 9.29 Å². The molecule has 1 aromatic heterocycles. The third-order valence-corrected chi connectivity index (χ3v) is 7.12. The summed E-state index contributed by atoms with van der Waals surface area (Å²) >= 11 is 0. The maximum absolute atomic E-state index is 12.6. The van der Waals surface area contributed by atoms with Crippen LogP contribution in [0.15, 0.2) is 47.5 Å². The molecule has 1 aromatic carbocycles. The van der Waals surface area contributed by atoms with Crippen molar-refractivity contribution in [2.24, 2.45) is 0 Å². The van der Waals surface area contributed by atoms with Crippen LogP contribution in [0.1, 0.15) is 13.8 Å². The Morgan fingerprint density at radius 3 is 2.29 bits per heavy atom. The lowest BCUT2D eigenvalue weighted by Gasteiger charge is -2.36. The first-order valence-electron chi connectivity index (χ1n) is 9.59. The lowest BCUT2D eigenvalue weighted by molar-refractivity contribution is 0.414. The van der Waals surface area contributed by atoms with Gasteiger partial charge in [0.25, 0.3) is 0 Å². The second-order valence-corrected chi connectivity index (χ2v) is 8.55. The molecule has 1 aliphatic rings. The van der Waals surface area contributed by atoms with Crippen LogP contribution in [-0.4, -0.2) is 64.1 Å². The van der Waals surface area contributed by atoms with Crippen LogP contribution in [0.3, 0.4) is 0 Å². The normalized spacial score (nSPS) is 15.1. The largest absolute Gasteiger partial charge is 0.497 e. The predicted octanol–water partition coefficient (Wildman–Crippen LogP) is 2.45. The zero-order valence-corrected chi connectivity index (χ0v) is 17.5. The van der Waals surface area contributed by atoms with E-state index in [1.54, 1.807) is 19.2 Å². The van der Waals surface area contributed by atoms with Crippen molar-refractivity contribution >= 4 is 21.5 Å². The molecule has 28 heavy (non-hydrogen) atoms. The smallest absolute Gasteiger partial charge is 0.244 e. The Hall–Kier alpha value is -2.32. The Labute approximate surface area is 167 Å². The number of nitrogens with zero attached hydrogens (tertiary/aromatic N) is 4. The van der Waals surface area contributed by atoms with Crippen LogP contribution in [0.5, 0.6) is 5.75 Å². The summed E-state index contributed by atoms with van der Waals surface area (Å²) in [6.45, 7) is 7.97. The van der Waals surface area contributed by atoms with Gasteiger partial charge in [0.15, 0.2) is 0 Å². The van der Waals surface area contributed by atoms with Crippen molar-refractivity contribution in [2.45, 2.75) is 18.7 Å². The molecule has 152 valence electrons. The Bertz CT molecular complexity index is 875. The van der Waals surface area contributed by atoms with Crippen molar-refractivity contribution in [1.29, 1.82) is 0 Å². The molecule has 8 heteroatoms. The van der Waals surface area contributed by atoms with Crippen LogP contribution in [0, 0.1) is 0 Å². The number of piperazine rings is 1. The Balaban J connectivity index is 1.66. The fourth-order valence-corrected chi connectivity index (χ4v) is 4.83. The predicted molar refractivity (Wildman–Crippen MR) is 112 cm³/mol. The van der Waals surface area contributed by atoms with Gasteiger partial charge >= 0.3 is 0 Å². The molecule has 0 atom stereocenters. The highest BCUT2D eigenvalue weighted by atomic mass is 32.2. The van der Waals surface area contributed by atoms with E-state index in [1.807, 2.05) is 32.0 Å². The molecule has 0 N–H and O–H groups in total. The number of sulfonamides is 1. The monoisotopic (exact) mass is 404 g/mol. The maximum atomic E-state index is 12.6. The number of anilines is 2. The summed E-state index contributed by atoms with van der Waals surface area (Å²) in [5.74, 6) is 1.66. The maximum Gasteiger partial charge on any atom is 0.244 e. The molecular formula is C20H28N4O3S. The molecule has 0 bridgehead atoms. The van der Waals surface area contributed by atoms with Gasteiger partial charge in [-0.15, -0.1) is 0 Å². The molecular weight excluding hydrogens is 376 g/mol. The fourth-order valence-electron chi connectivity index (χ4n) is 3.43. The van der Waals surface area contributed by atoms with Gasteiger partial charge in [-0.3, -0.25) is 0 Å². The van der Waals surface area contributed by atoms with Crippen molar-refractivity contribution in [3.05, 3.63) is 42.6 Å². The van der Waals surface area contributed by atoms with Crippen LogP contribution in [0.2, 0.25) is 0 Å². The summed E-state index contributed by atoms with van der Waals surface area (Å²) in [6.07, 6.45) is 1.47. The number of aromatic nitrogens is 1. The van der Waals surface area contributed by atoms with Crippen molar-refractivity contribution in [3.63, 3.8) is 0 Å². The van der Waals surface area contributed by atoms with Gasteiger partial charge in [-0.05, 0) is 24.3 Å². The van der Waals surface area contributed by atoms with Crippen LogP contribution in [0.25, 0.3) is 0 Å². The Morgan fingerprint density at radius 2 is 1.71 bits per heavy atom. The summed E-state index contributed by atoms with van der Waals surface area (Å²) in [5.41, 5.74) is 1.15. The second-order valence-electron chi connectivity index (χ2n) is 6.62. The lowest BCUT2D eigenvalue weighted by atomic mass is 10.2. The molecule has 0 radical (unpaired) electrons. The van der Waals surface area contributed by atoms with E-state index in [1.165, 1.54) is 10.5 Å². The van der Waals surface area contributed by atoms with Crippen molar-refractivity contribution in [2.75, 3.05) is 56.2 Å². The minimum atomic E-state index is -3.47. The van der Waals surface area contributed by atoms with Crippen LogP contribution < -0.4 is 14.5 Å². The lowest BCUT2D eigenvalue weighted by Crippen LogP contribution is -2.46. The summed E-state index contributed by atoms with van der Waals surface area (Å²) in [6, 6.07) is 11.5. The highest BCUT2D eigenvalue weighted by Crippen LogP contribution is 2.24. The van der Waals surface area contributed by atoms with Gasteiger partial charge in [0.2, 0.25) is 10.0 Å². The summed E-state index contributed by atoms with van der Waals surface area (Å²) in [7, 11) is -1.79. The van der Waals surface area contributed by atoms with Gasteiger partial charge in [-0.25, -0.2) is 13.4 Å². The average molecular weight is 405 g/mol. The number of hydrogen-bond donors (Lipinski definition) is 0. The highest BCUT2D eigenvalue weighted by molar-refractivity contribution is 7.89. The molecule has 1 saturated heterocycles. The van der Waals surface area contributed by atoms with Crippen LogP contribution in [-0.2, 0) is 10.0 Å². The first kappa shape index (κ1) is 20.4. The molecule has 2 aromatic rings. The third-order valence-electron chi connectivity index (χ3n) is 5.09. The van der Waals surface area contributed by atoms with E-state index in [9.17, 15) is 8.42 Å². The molecule has 1 fully saturated rings. The van der Waals surface area contributed by atoms with Gasteiger partial charge in [-0.2, -0.15) is 4.31 Å².